The number of ether oxygens (including phenoxy) is 1. The molecule has 0 aromatic heterocycles. The number of amides is 4. The van der Waals surface area contributed by atoms with Gasteiger partial charge in [-0.2, -0.15) is 0 Å². The maximum atomic E-state index is 13.3. The van der Waals surface area contributed by atoms with Crippen molar-refractivity contribution in [3.8, 4) is 5.75 Å². The summed E-state index contributed by atoms with van der Waals surface area (Å²) in [5.41, 5.74) is 7.11. The van der Waals surface area contributed by atoms with Crippen LogP contribution in [0.5, 0.6) is 5.75 Å². The van der Waals surface area contributed by atoms with Gasteiger partial charge in [-0.15, -0.1) is 0 Å². The third-order valence-corrected chi connectivity index (χ3v) is 6.07. The van der Waals surface area contributed by atoms with E-state index in [1.54, 1.807) is 24.3 Å². The van der Waals surface area contributed by atoms with Gasteiger partial charge < -0.3 is 31.3 Å². The van der Waals surface area contributed by atoms with Crippen LogP contribution < -0.4 is 21.1 Å². The lowest BCUT2D eigenvalue weighted by Gasteiger charge is -2.25. The number of nitrogens with one attached hydrogen (secondary N) is 2. The number of anilines is 1. The van der Waals surface area contributed by atoms with Gasteiger partial charge in [0.25, 0.3) is 5.97 Å². The van der Waals surface area contributed by atoms with Gasteiger partial charge in [0.2, 0.25) is 11.8 Å². The lowest BCUT2D eigenvalue weighted by molar-refractivity contribution is -0.134. The molecule has 2 atom stereocenters. The third kappa shape index (κ3) is 8.60. The Hall–Kier alpha value is -4.32. The molecule has 0 saturated carbocycles. The van der Waals surface area contributed by atoms with Crippen LogP contribution in [0, 0.1) is 5.92 Å². The van der Waals surface area contributed by atoms with E-state index in [4.69, 9.17) is 32.0 Å². The van der Waals surface area contributed by atoms with E-state index in [-0.39, 0.29) is 24.2 Å². The Morgan fingerprint density at radius 3 is 2.44 bits per heavy atom. The van der Waals surface area contributed by atoms with Gasteiger partial charge in [0.1, 0.15) is 12.3 Å². The lowest BCUT2D eigenvalue weighted by Crippen LogP contribution is -2.48. The van der Waals surface area contributed by atoms with Crippen molar-refractivity contribution in [1.82, 2.24) is 15.5 Å². The lowest BCUT2D eigenvalue weighted by atomic mass is 9.97. The van der Waals surface area contributed by atoms with Crippen LogP contribution in [0.15, 0.2) is 36.4 Å². The number of nitrogens with two attached hydrogens (primary N) is 1. The van der Waals surface area contributed by atoms with Crippen molar-refractivity contribution in [2.45, 2.75) is 32.7 Å². The summed E-state index contributed by atoms with van der Waals surface area (Å²) in [5, 5.41) is 22.5. The zero-order valence-electron chi connectivity index (χ0n) is 21.7. The van der Waals surface area contributed by atoms with Crippen molar-refractivity contribution in [2.75, 3.05) is 25.9 Å². The number of carboxylic acid groups (broad SMARTS) is 2. The molecule has 13 heteroatoms. The average Bonchev–Trinajstić information content (AvgIpc) is 3.00. The molecule has 1 fully saturated rings. The van der Waals surface area contributed by atoms with Crippen molar-refractivity contribution in [2.24, 2.45) is 5.92 Å². The van der Waals surface area contributed by atoms with Gasteiger partial charge in [-0.1, -0.05) is 24.6 Å². The Morgan fingerprint density at radius 1 is 1.21 bits per heavy atom. The molecule has 1 saturated heterocycles. The maximum Gasteiger partial charge on any atom is 0.337 e. The van der Waals surface area contributed by atoms with Crippen molar-refractivity contribution in [3.05, 3.63) is 58.1 Å². The Balaban J connectivity index is 0.00000124. The number of methoxy groups -OCH3 is 1. The maximum absolute atomic E-state index is 13.3. The molecule has 210 valence electrons. The predicted octanol–water partition coefficient (Wildman–Crippen LogP) is 2.70. The van der Waals surface area contributed by atoms with Crippen LogP contribution in [0.4, 0.5) is 10.5 Å². The van der Waals surface area contributed by atoms with E-state index in [9.17, 15) is 24.3 Å². The minimum atomic E-state index is -1.16. The normalized spacial score (nSPS) is 15.7. The van der Waals surface area contributed by atoms with Crippen molar-refractivity contribution >= 4 is 47.1 Å². The molecule has 6 N–H and O–H groups in total. The number of nitrogen functional groups attached to an aromatic ring is 1. The Kier molecular flexibility index (Phi) is 11.1. The molecular weight excluding hydrogens is 532 g/mol. The first-order valence-corrected chi connectivity index (χ1v) is 12.3. The Labute approximate surface area is 230 Å². The van der Waals surface area contributed by atoms with Gasteiger partial charge in [-0.05, 0) is 54.3 Å². The number of hydrogen-bond donors (Lipinski definition) is 5. The van der Waals surface area contributed by atoms with Crippen molar-refractivity contribution in [1.29, 1.82) is 0 Å². The number of urea groups is 1. The van der Waals surface area contributed by atoms with Crippen LogP contribution >= 0.6 is 11.6 Å². The molecule has 39 heavy (non-hydrogen) atoms. The molecule has 0 spiro atoms. The summed E-state index contributed by atoms with van der Waals surface area (Å²) in [5.74, 6) is -3.14. The minimum absolute atomic E-state index is 0.0476. The van der Waals surface area contributed by atoms with Crippen LogP contribution in [-0.4, -0.2) is 65.1 Å². The number of halogens is 1. The second kappa shape index (κ2) is 14.0. The molecular formula is C26H31ClN4O8. The van der Waals surface area contributed by atoms with Gasteiger partial charge in [0.05, 0.1) is 24.6 Å². The molecule has 2 aromatic rings. The fraction of sp³-hybridized carbons (Fsp3) is 0.346. The Bertz CT molecular complexity index is 1250. The molecule has 0 bridgehead atoms. The molecule has 3 rings (SSSR count). The first-order chi connectivity index (χ1) is 18.4. The number of aliphatic carboxylic acids is 1. The largest absolute Gasteiger partial charge is 0.496 e. The molecule has 1 aliphatic rings. The minimum Gasteiger partial charge on any atom is -0.496 e. The number of carbonyl (C=O) groups excluding carboxylic acids is 3. The average molecular weight is 563 g/mol. The summed E-state index contributed by atoms with van der Waals surface area (Å²) in [6.45, 7) is 2.53. The number of hydrogen-bond acceptors (Lipinski definition) is 7. The van der Waals surface area contributed by atoms with Gasteiger partial charge in [-0.3, -0.25) is 19.3 Å². The number of carboxylic acids is 2. The fourth-order valence-corrected chi connectivity index (χ4v) is 4.16. The van der Waals surface area contributed by atoms with E-state index in [1.165, 1.54) is 19.2 Å². The standard InChI is InChI=1S/C24H27ClN4O6.C2H4O2/c1-3-19(13-4-6-17(23(32)33)18(26)10-13)28-24(34)29-12-21(30)27-11-15(22(29)31)8-14-9-16(25)5-7-20(14)35-2;1-2(3)4/h4-7,9-10,15,19H,3,8,11-12,26H2,1-2H3,(H,27,30)(H,28,34)(H,32,33);1H3,(H,3,4)/t15-,19+;/m0./s1. The zero-order chi connectivity index (χ0) is 29.3. The van der Waals surface area contributed by atoms with E-state index < -0.39 is 48.3 Å². The number of nitrogens with zero attached hydrogens (tertiary/aromatic N) is 1. The SMILES string of the molecule is CC(=O)O.CC[C@@H](NC(=O)N1CC(=O)NC[C@H](Cc2cc(Cl)ccc2OC)C1=O)c1ccc(C(=O)O)c(N)c1. The highest BCUT2D eigenvalue weighted by atomic mass is 35.5. The molecule has 4 amide bonds. The highest BCUT2D eigenvalue weighted by Gasteiger charge is 2.35. The second-order valence-electron chi connectivity index (χ2n) is 8.67. The van der Waals surface area contributed by atoms with E-state index in [2.05, 4.69) is 10.6 Å². The van der Waals surface area contributed by atoms with Crippen LogP contribution in [0.3, 0.4) is 0 Å². The molecule has 2 aromatic carbocycles. The quantitative estimate of drug-likeness (QED) is 0.316. The highest BCUT2D eigenvalue weighted by Crippen LogP contribution is 2.27. The number of aromatic carboxylic acids is 1. The topological polar surface area (TPSA) is 188 Å². The summed E-state index contributed by atoms with van der Waals surface area (Å²) >= 11 is 6.11. The van der Waals surface area contributed by atoms with Crippen LogP contribution in [-0.2, 0) is 20.8 Å². The van der Waals surface area contributed by atoms with E-state index in [0.717, 1.165) is 11.8 Å². The predicted molar refractivity (Wildman–Crippen MR) is 143 cm³/mol. The van der Waals surface area contributed by atoms with Crippen LogP contribution in [0.1, 0.15) is 47.8 Å². The second-order valence-corrected chi connectivity index (χ2v) is 9.10. The first kappa shape index (κ1) is 30.9. The van der Waals surface area contributed by atoms with Crippen molar-refractivity contribution in [3.63, 3.8) is 0 Å². The number of imide groups is 1. The molecule has 12 nitrogen and oxygen atoms in total. The summed E-state index contributed by atoms with van der Waals surface area (Å²) in [4.78, 5) is 59.9. The van der Waals surface area contributed by atoms with Gasteiger partial charge in [0, 0.05) is 24.2 Å². The third-order valence-electron chi connectivity index (χ3n) is 5.83. The number of carbonyl (C=O) groups is 5. The Morgan fingerprint density at radius 2 is 1.87 bits per heavy atom. The first-order valence-electron chi connectivity index (χ1n) is 11.9. The van der Waals surface area contributed by atoms with Gasteiger partial charge in [-0.25, -0.2) is 9.59 Å². The summed E-state index contributed by atoms with van der Waals surface area (Å²) in [6, 6.07) is 8.14. The fourth-order valence-electron chi connectivity index (χ4n) is 3.97. The molecule has 1 heterocycles. The van der Waals surface area contributed by atoms with Crippen LogP contribution in [0.25, 0.3) is 0 Å². The van der Waals surface area contributed by atoms with Crippen molar-refractivity contribution < 1.29 is 38.9 Å². The summed E-state index contributed by atoms with van der Waals surface area (Å²) in [6.07, 6.45) is 0.645. The summed E-state index contributed by atoms with van der Waals surface area (Å²) in [7, 11) is 1.50. The molecule has 0 unspecified atom stereocenters. The van der Waals surface area contributed by atoms with Gasteiger partial charge in [0.15, 0.2) is 0 Å². The van der Waals surface area contributed by atoms with Crippen LogP contribution in [0.2, 0.25) is 5.02 Å². The van der Waals surface area contributed by atoms with Gasteiger partial charge >= 0.3 is 12.0 Å². The van der Waals surface area contributed by atoms with E-state index >= 15 is 0 Å². The smallest absolute Gasteiger partial charge is 0.337 e. The molecule has 1 aliphatic heterocycles. The zero-order valence-corrected chi connectivity index (χ0v) is 22.4. The molecule has 0 radical (unpaired) electrons. The number of benzene rings is 2. The molecule has 0 aliphatic carbocycles. The monoisotopic (exact) mass is 562 g/mol. The highest BCUT2D eigenvalue weighted by molar-refractivity contribution is 6.30. The van der Waals surface area contributed by atoms with E-state index in [1.807, 2.05) is 6.92 Å². The number of rotatable bonds is 7. The van der Waals surface area contributed by atoms with E-state index in [0.29, 0.717) is 28.3 Å². The summed E-state index contributed by atoms with van der Waals surface area (Å²) < 4.78 is 5.36.